The molecule has 0 aliphatic rings. The minimum Gasteiger partial charge on any atom is -0.508 e. The van der Waals surface area contributed by atoms with Gasteiger partial charge in [-0.3, -0.25) is 9.59 Å². The lowest BCUT2D eigenvalue weighted by Crippen LogP contribution is -2.35. The number of phenols is 1. The fraction of sp³-hybridized carbons (Fsp3) is 0.250. The molecule has 0 fully saturated rings. The molecule has 2 aromatic rings. The zero-order valence-corrected chi connectivity index (χ0v) is 12.3. The second-order valence-electron chi connectivity index (χ2n) is 4.90. The number of phenolic OH excluding ortho intramolecular Hbond substituents is 1. The zero-order valence-electron chi connectivity index (χ0n) is 12.3. The molecule has 1 aromatic carbocycles. The third-order valence-electron chi connectivity index (χ3n) is 3.33. The Hall–Kier alpha value is -2.56. The minimum absolute atomic E-state index is 0.0830. The summed E-state index contributed by atoms with van der Waals surface area (Å²) in [5.41, 5.74) is 1.84. The molecule has 0 aliphatic carbocycles. The van der Waals surface area contributed by atoms with Gasteiger partial charge >= 0.3 is 0 Å². The Morgan fingerprint density at radius 2 is 1.95 bits per heavy atom. The van der Waals surface area contributed by atoms with Crippen molar-refractivity contribution >= 4 is 11.6 Å². The first-order valence-corrected chi connectivity index (χ1v) is 6.75. The number of aryl methyl sites for hydroxylation is 2. The first-order valence-electron chi connectivity index (χ1n) is 6.75. The Kier molecular flexibility index (Phi) is 4.12. The maximum absolute atomic E-state index is 12.6. The van der Waals surface area contributed by atoms with E-state index in [1.807, 2.05) is 13.8 Å². The third kappa shape index (κ3) is 2.97. The fourth-order valence-electron chi connectivity index (χ4n) is 2.20. The highest BCUT2D eigenvalue weighted by molar-refractivity contribution is 6.06. The number of aromatic amines is 1. The molecule has 0 aliphatic heterocycles. The van der Waals surface area contributed by atoms with Crippen molar-refractivity contribution in [2.24, 2.45) is 0 Å². The lowest BCUT2D eigenvalue weighted by Gasteiger charge is -2.23. The van der Waals surface area contributed by atoms with E-state index >= 15 is 0 Å². The first-order chi connectivity index (χ1) is 9.93. The lowest BCUT2D eigenvalue weighted by atomic mass is 10.1. The molecule has 0 bridgehead atoms. The number of pyridine rings is 1. The van der Waals surface area contributed by atoms with Crippen molar-refractivity contribution in [3.05, 3.63) is 57.5 Å². The van der Waals surface area contributed by atoms with Crippen molar-refractivity contribution in [1.29, 1.82) is 0 Å². The minimum atomic E-state index is -0.406. The topological polar surface area (TPSA) is 73.4 Å². The van der Waals surface area contributed by atoms with Crippen LogP contribution in [0.1, 0.15) is 28.5 Å². The Balaban J connectivity index is 2.48. The Morgan fingerprint density at radius 3 is 2.57 bits per heavy atom. The molecule has 0 spiro atoms. The average molecular weight is 286 g/mol. The van der Waals surface area contributed by atoms with Crippen molar-refractivity contribution in [3.63, 3.8) is 0 Å². The SMILES string of the molecule is CCN(C(=O)c1ccc(C)[nH]c1=O)c1cc(O)ccc1C. The van der Waals surface area contributed by atoms with E-state index < -0.39 is 5.56 Å². The van der Waals surface area contributed by atoms with Gasteiger partial charge in [-0.15, -0.1) is 0 Å². The number of anilines is 1. The molecule has 1 aromatic heterocycles. The summed E-state index contributed by atoms with van der Waals surface area (Å²) in [6, 6.07) is 8.05. The largest absolute Gasteiger partial charge is 0.508 e. The van der Waals surface area contributed by atoms with Crippen LogP contribution in [-0.4, -0.2) is 22.5 Å². The summed E-state index contributed by atoms with van der Waals surface area (Å²) in [6.45, 7) is 5.83. The van der Waals surface area contributed by atoms with Crippen LogP contribution in [0.2, 0.25) is 0 Å². The van der Waals surface area contributed by atoms with Gasteiger partial charge in [0.2, 0.25) is 0 Å². The van der Waals surface area contributed by atoms with Crippen LogP contribution >= 0.6 is 0 Å². The Bertz CT molecular complexity index is 735. The summed E-state index contributed by atoms with van der Waals surface area (Å²) in [6.07, 6.45) is 0. The van der Waals surface area contributed by atoms with Gasteiger partial charge in [0.1, 0.15) is 11.3 Å². The van der Waals surface area contributed by atoms with E-state index in [1.54, 1.807) is 25.1 Å². The second kappa shape index (κ2) is 5.83. The number of carbonyl (C=O) groups is 1. The van der Waals surface area contributed by atoms with E-state index in [1.165, 1.54) is 17.0 Å². The van der Waals surface area contributed by atoms with Gasteiger partial charge in [0.15, 0.2) is 0 Å². The summed E-state index contributed by atoms with van der Waals surface area (Å²) < 4.78 is 0. The van der Waals surface area contributed by atoms with Crippen molar-refractivity contribution in [2.45, 2.75) is 20.8 Å². The van der Waals surface area contributed by atoms with E-state index in [2.05, 4.69) is 4.98 Å². The van der Waals surface area contributed by atoms with Crippen molar-refractivity contribution in [1.82, 2.24) is 4.98 Å². The van der Waals surface area contributed by atoms with Gasteiger partial charge in [-0.05, 0) is 44.5 Å². The quantitative estimate of drug-likeness (QED) is 0.909. The zero-order chi connectivity index (χ0) is 15.6. The Labute approximate surface area is 122 Å². The predicted molar refractivity (Wildman–Crippen MR) is 82.0 cm³/mol. The van der Waals surface area contributed by atoms with E-state index in [-0.39, 0.29) is 17.2 Å². The smallest absolute Gasteiger partial charge is 0.263 e. The number of aromatic nitrogens is 1. The highest BCUT2D eigenvalue weighted by Crippen LogP contribution is 2.25. The second-order valence-corrected chi connectivity index (χ2v) is 4.90. The van der Waals surface area contributed by atoms with E-state index in [0.717, 1.165) is 5.56 Å². The molecule has 0 saturated carbocycles. The van der Waals surface area contributed by atoms with Gasteiger partial charge in [-0.2, -0.15) is 0 Å². The fourth-order valence-corrected chi connectivity index (χ4v) is 2.20. The number of benzene rings is 1. The summed E-state index contributed by atoms with van der Waals surface area (Å²) >= 11 is 0. The number of hydrogen-bond donors (Lipinski definition) is 2. The number of aromatic hydroxyl groups is 1. The number of nitrogens with one attached hydrogen (secondary N) is 1. The summed E-state index contributed by atoms with van der Waals surface area (Å²) in [5, 5.41) is 9.62. The third-order valence-corrected chi connectivity index (χ3v) is 3.33. The number of rotatable bonds is 3. The number of carbonyl (C=O) groups excluding carboxylic acids is 1. The highest BCUT2D eigenvalue weighted by Gasteiger charge is 2.20. The van der Waals surface area contributed by atoms with Crippen LogP contribution in [0.3, 0.4) is 0 Å². The van der Waals surface area contributed by atoms with Crippen LogP contribution < -0.4 is 10.5 Å². The summed E-state index contributed by atoms with van der Waals surface area (Å²) in [5.74, 6) is -0.299. The standard InChI is InChI=1S/C16H18N2O3/c1-4-18(14-9-12(19)7-5-10(14)2)16(21)13-8-6-11(3)17-15(13)20/h5-9,19H,4H2,1-3H3,(H,17,20). The first kappa shape index (κ1) is 14.8. The van der Waals surface area contributed by atoms with Gasteiger partial charge in [0.05, 0.1) is 5.69 Å². The molecule has 0 radical (unpaired) electrons. The van der Waals surface area contributed by atoms with Crippen molar-refractivity contribution in [3.8, 4) is 5.75 Å². The molecule has 1 amide bonds. The number of H-pyrrole nitrogens is 1. The molecule has 0 atom stereocenters. The average Bonchev–Trinajstić information content (AvgIpc) is 2.43. The van der Waals surface area contributed by atoms with E-state index in [0.29, 0.717) is 17.9 Å². The molecule has 21 heavy (non-hydrogen) atoms. The predicted octanol–water partition coefficient (Wildman–Crippen LogP) is 2.36. The Morgan fingerprint density at radius 1 is 1.24 bits per heavy atom. The van der Waals surface area contributed by atoms with Crippen molar-refractivity contribution < 1.29 is 9.90 Å². The van der Waals surface area contributed by atoms with Gasteiger partial charge < -0.3 is 15.0 Å². The summed E-state index contributed by atoms with van der Waals surface area (Å²) in [4.78, 5) is 28.6. The van der Waals surface area contributed by atoms with Crippen LogP contribution in [0.15, 0.2) is 35.1 Å². The van der Waals surface area contributed by atoms with Gasteiger partial charge in [-0.1, -0.05) is 6.07 Å². The number of amides is 1. The molecule has 2 rings (SSSR count). The maximum atomic E-state index is 12.6. The molecule has 5 nitrogen and oxygen atoms in total. The molecule has 110 valence electrons. The monoisotopic (exact) mass is 286 g/mol. The molecule has 0 saturated heterocycles. The molecule has 5 heteroatoms. The normalized spacial score (nSPS) is 10.4. The number of hydrogen-bond acceptors (Lipinski definition) is 3. The molecular weight excluding hydrogens is 268 g/mol. The van der Waals surface area contributed by atoms with Crippen LogP contribution in [0.25, 0.3) is 0 Å². The van der Waals surface area contributed by atoms with Crippen LogP contribution in [0.5, 0.6) is 5.75 Å². The number of nitrogens with zero attached hydrogens (tertiary/aromatic N) is 1. The molecule has 0 unspecified atom stereocenters. The lowest BCUT2D eigenvalue weighted by molar-refractivity contribution is 0.0986. The maximum Gasteiger partial charge on any atom is 0.263 e. The van der Waals surface area contributed by atoms with Gasteiger partial charge in [-0.25, -0.2) is 0 Å². The van der Waals surface area contributed by atoms with Crippen molar-refractivity contribution in [2.75, 3.05) is 11.4 Å². The highest BCUT2D eigenvalue weighted by atomic mass is 16.3. The molecular formula is C16H18N2O3. The van der Waals surface area contributed by atoms with Gasteiger partial charge in [0.25, 0.3) is 11.5 Å². The molecule has 1 heterocycles. The van der Waals surface area contributed by atoms with E-state index in [9.17, 15) is 14.7 Å². The van der Waals surface area contributed by atoms with E-state index in [4.69, 9.17) is 0 Å². The molecule has 2 N–H and O–H groups in total. The van der Waals surface area contributed by atoms with Crippen LogP contribution in [0, 0.1) is 13.8 Å². The van der Waals surface area contributed by atoms with Crippen LogP contribution in [0.4, 0.5) is 5.69 Å². The van der Waals surface area contributed by atoms with Crippen LogP contribution in [-0.2, 0) is 0 Å². The summed E-state index contributed by atoms with van der Waals surface area (Å²) in [7, 11) is 0. The van der Waals surface area contributed by atoms with Gasteiger partial charge in [0, 0.05) is 18.3 Å².